The smallest absolute Gasteiger partial charge is 0.375 e. The van der Waals surface area contributed by atoms with Crippen molar-refractivity contribution in [2.45, 2.75) is 44.4 Å². The van der Waals surface area contributed by atoms with Gasteiger partial charge in [0.25, 0.3) is 0 Å². The molecule has 4 atom stereocenters. The second-order valence-corrected chi connectivity index (χ2v) is 9.30. The number of benzene rings is 1. The van der Waals surface area contributed by atoms with Crippen LogP contribution in [0, 0.1) is 6.92 Å². The van der Waals surface area contributed by atoms with E-state index < -0.39 is 11.8 Å². The number of carbonyl (C=O) groups excluding carboxylic acids is 2. The molecule has 0 radical (unpaired) electrons. The molecule has 1 aromatic rings. The molecule has 3 aliphatic rings. The van der Waals surface area contributed by atoms with Gasteiger partial charge in [-0.05, 0) is 38.4 Å². The zero-order valence-corrected chi connectivity index (χ0v) is 18.1. The Bertz CT molecular complexity index is 845. The van der Waals surface area contributed by atoms with Crippen LogP contribution in [0.1, 0.15) is 29.7 Å². The normalized spacial score (nSPS) is 30.9. The van der Waals surface area contributed by atoms with Crippen molar-refractivity contribution in [2.75, 3.05) is 38.8 Å². The Morgan fingerprint density at radius 3 is 2.83 bits per heavy atom. The van der Waals surface area contributed by atoms with E-state index in [0.29, 0.717) is 17.5 Å². The van der Waals surface area contributed by atoms with E-state index in [4.69, 9.17) is 9.47 Å². The zero-order chi connectivity index (χ0) is 20.9. The number of likely N-dealkylation sites (N-methyl/N-ethyl adjacent to an activating group) is 1. The Balaban J connectivity index is 1.77. The van der Waals surface area contributed by atoms with Gasteiger partial charge < -0.3 is 14.6 Å². The van der Waals surface area contributed by atoms with Crippen LogP contribution < -0.4 is 4.74 Å². The van der Waals surface area contributed by atoms with Gasteiger partial charge in [0, 0.05) is 36.0 Å². The number of thioether (sulfide) groups is 1. The molecule has 0 aromatic heterocycles. The molecule has 0 spiro atoms. The molecule has 0 amide bonds. The predicted molar refractivity (Wildman–Crippen MR) is 111 cm³/mol. The molecule has 3 heterocycles. The van der Waals surface area contributed by atoms with Crippen LogP contribution in [0.15, 0.2) is 6.07 Å². The molecule has 0 aliphatic carbocycles. The van der Waals surface area contributed by atoms with E-state index in [-0.39, 0.29) is 36.2 Å². The number of aryl methyl sites for hydroxylation is 1. The van der Waals surface area contributed by atoms with Gasteiger partial charge in [-0.25, -0.2) is 4.79 Å². The maximum absolute atomic E-state index is 12.0. The van der Waals surface area contributed by atoms with E-state index in [2.05, 4.69) is 22.9 Å². The third-order valence-electron chi connectivity index (χ3n) is 6.52. The number of cyclic esters (lactones) is 1. The summed E-state index contributed by atoms with van der Waals surface area (Å²) in [6, 6.07) is 2.50. The zero-order valence-electron chi connectivity index (χ0n) is 17.3. The number of rotatable bonds is 1. The summed E-state index contributed by atoms with van der Waals surface area (Å²) in [4.78, 5) is 28.6. The van der Waals surface area contributed by atoms with E-state index in [9.17, 15) is 14.7 Å². The van der Waals surface area contributed by atoms with Crippen LogP contribution >= 0.6 is 11.8 Å². The largest absolute Gasteiger partial charge is 0.504 e. The SMILES string of the molecule is COc1c(C)cc2c(c1O)[C@@H]1C3CSCC(=O)C(=O)OC[C@@H](C)N3C[C@H](C2)N1C. The quantitative estimate of drug-likeness (QED) is 0.541. The molecule has 1 unspecified atom stereocenters. The van der Waals surface area contributed by atoms with Crippen molar-refractivity contribution in [3.05, 3.63) is 22.8 Å². The van der Waals surface area contributed by atoms with Crippen molar-refractivity contribution in [3.63, 3.8) is 0 Å². The van der Waals surface area contributed by atoms with Crippen LogP contribution in [0.5, 0.6) is 11.5 Å². The van der Waals surface area contributed by atoms with E-state index in [1.165, 1.54) is 17.3 Å². The maximum atomic E-state index is 12.0. The van der Waals surface area contributed by atoms with Gasteiger partial charge in [0.15, 0.2) is 11.5 Å². The molecule has 2 bridgehead atoms. The second kappa shape index (κ2) is 7.81. The summed E-state index contributed by atoms with van der Waals surface area (Å²) >= 11 is 1.46. The van der Waals surface area contributed by atoms with Gasteiger partial charge in [0.1, 0.15) is 6.61 Å². The number of phenols is 1. The fourth-order valence-corrected chi connectivity index (χ4v) is 6.10. The molecule has 29 heavy (non-hydrogen) atoms. The van der Waals surface area contributed by atoms with Crippen LogP contribution in [0.25, 0.3) is 0 Å². The van der Waals surface area contributed by atoms with Crippen molar-refractivity contribution in [1.29, 1.82) is 0 Å². The van der Waals surface area contributed by atoms with Gasteiger partial charge in [0.05, 0.1) is 18.9 Å². The molecule has 0 saturated carbocycles. The minimum Gasteiger partial charge on any atom is -0.504 e. The van der Waals surface area contributed by atoms with Gasteiger partial charge in [0.2, 0.25) is 5.78 Å². The number of piperazine rings is 1. The van der Waals surface area contributed by atoms with Crippen molar-refractivity contribution in [2.24, 2.45) is 0 Å². The molecule has 158 valence electrons. The molecular formula is C21H28N2O5S. The topological polar surface area (TPSA) is 79.3 Å². The van der Waals surface area contributed by atoms with Crippen molar-refractivity contribution in [1.82, 2.24) is 9.80 Å². The Hall–Kier alpha value is -1.77. The van der Waals surface area contributed by atoms with Gasteiger partial charge in [-0.1, -0.05) is 6.07 Å². The number of hydrogen-bond acceptors (Lipinski definition) is 8. The fraction of sp³-hybridized carbons (Fsp3) is 0.619. The molecule has 3 aliphatic heterocycles. The second-order valence-electron chi connectivity index (χ2n) is 8.27. The third-order valence-corrected chi connectivity index (χ3v) is 7.56. The van der Waals surface area contributed by atoms with E-state index in [0.717, 1.165) is 24.1 Å². The van der Waals surface area contributed by atoms with Gasteiger partial charge in [-0.2, -0.15) is 11.8 Å². The highest BCUT2D eigenvalue weighted by atomic mass is 32.2. The minimum atomic E-state index is -0.736. The lowest BCUT2D eigenvalue weighted by atomic mass is 9.80. The van der Waals surface area contributed by atoms with Crippen molar-refractivity contribution >= 4 is 23.5 Å². The lowest BCUT2D eigenvalue weighted by molar-refractivity contribution is -0.155. The minimum absolute atomic E-state index is 0.00909. The molecule has 2 saturated heterocycles. The summed E-state index contributed by atoms with van der Waals surface area (Å²) in [7, 11) is 3.69. The Labute approximate surface area is 175 Å². The van der Waals surface area contributed by atoms with Crippen LogP contribution in [0.3, 0.4) is 0 Å². The summed E-state index contributed by atoms with van der Waals surface area (Å²) in [5, 5.41) is 11.1. The van der Waals surface area contributed by atoms with E-state index in [1.807, 2.05) is 13.8 Å². The molecule has 1 aromatic carbocycles. The summed E-state index contributed by atoms with van der Waals surface area (Å²) in [6.07, 6.45) is 0.849. The number of phenolic OH excluding ortho intramolecular Hbond substituents is 1. The molecular weight excluding hydrogens is 392 g/mol. The highest BCUT2D eigenvalue weighted by Crippen LogP contribution is 2.49. The number of ketones is 1. The number of methoxy groups -OCH3 is 1. The van der Waals surface area contributed by atoms with Gasteiger partial charge >= 0.3 is 5.97 Å². The summed E-state index contributed by atoms with van der Waals surface area (Å²) < 4.78 is 10.7. The number of nitrogens with zero attached hydrogens (tertiary/aromatic N) is 2. The fourth-order valence-electron chi connectivity index (χ4n) is 5.07. The molecule has 2 fully saturated rings. The van der Waals surface area contributed by atoms with Crippen LogP contribution in [-0.2, 0) is 20.7 Å². The lowest BCUT2D eigenvalue weighted by Gasteiger charge is -2.55. The summed E-state index contributed by atoms with van der Waals surface area (Å²) in [5.74, 6) is 0.338. The van der Waals surface area contributed by atoms with Crippen LogP contribution in [-0.4, -0.2) is 83.6 Å². The first kappa shape index (κ1) is 20.5. The molecule has 4 rings (SSSR count). The average Bonchev–Trinajstić information content (AvgIpc) is 2.67. The first-order valence-electron chi connectivity index (χ1n) is 9.98. The summed E-state index contributed by atoms with van der Waals surface area (Å²) in [6.45, 7) is 5.05. The van der Waals surface area contributed by atoms with E-state index >= 15 is 0 Å². The van der Waals surface area contributed by atoms with Gasteiger partial charge in [-0.3, -0.25) is 14.6 Å². The number of fused-ring (bicyclic) bond motifs is 6. The average molecular weight is 421 g/mol. The van der Waals surface area contributed by atoms with Crippen molar-refractivity contribution < 1.29 is 24.2 Å². The first-order chi connectivity index (χ1) is 13.8. The standard InChI is InChI=1S/C21H28N2O5S/c1-11-5-13-6-14-7-23-12(2)8-28-21(26)16(24)10-29-9-15(23)18(22(14)3)17(13)19(25)20(11)27-4/h5,12,14-15,18,25H,6-10H2,1-4H3/t12-,14+,15?,18+/m1/s1. The van der Waals surface area contributed by atoms with Crippen molar-refractivity contribution in [3.8, 4) is 11.5 Å². The third kappa shape index (κ3) is 3.41. The number of aromatic hydroxyl groups is 1. The number of esters is 1. The number of hydrogen-bond donors (Lipinski definition) is 1. The Morgan fingerprint density at radius 2 is 2.10 bits per heavy atom. The van der Waals surface area contributed by atoms with E-state index in [1.54, 1.807) is 7.11 Å². The predicted octanol–water partition coefficient (Wildman–Crippen LogP) is 1.54. The highest BCUT2D eigenvalue weighted by molar-refractivity contribution is 8.00. The monoisotopic (exact) mass is 420 g/mol. The maximum Gasteiger partial charge on any atom is 0.375 e. The van der Waals surface area contributed by atoms with Crippen LogP contribution in [0.2, 0.25) is 0 Å². The Morgan fingerprint density at radius 1 is 1.34 bits per heavy atom. The Kier molecular flexibility index (Phi) is 5.52. The molecule has 7 nitrogen and oxygen atoms in total. The van der Waals surface area contributed by atoms with Gasteiger partial charge in [-0.15, -0.1) is 0 Å². The lowest BCUT2D eigenvalue weighted by Crippen LogP contribution is -2.64. The number of ether oxygens (including phenoxy) is 2. The first-order valence-corrected chi connectivity index (χ1v) is 11.1. The van der Waals surface area contributed by atoms with Crippen LogP contribution in [0.4, 0.5) is 0 Å². The highest BCUT2D eigenvalue weighted by Gasteiger charge is 2.48. The number of Topliss-reactive ketones (excluding diaryl/α,β-unsaturated/α-hetero) is 1. The summed E-state index contributed by atoms with van der Waals surface area (Å²) in [5.41, 5.74) is 3.04. The molecule has 1 N–H and O–H groups in total. The number of carbonyl (C=O) groups is 2. The molecule has 8 heteroatoms.